The molecule has 3 aromatic rings. The van der Waals surface area contributed by atoms with Crippen molar-refractivity contribution in [2.75, 3.05) is 18.5 Å². The molecule has 3 N–H and O–H groups in total. The number of nitrogens with zero attached hydrogens (tertiary/aromatic N) is 1. The van der Waals surface area contributed by atoms with Crippen molar-refractivity contribution in [3.63, 3.8) is 0 Å². The number of nitrogens with one attached hydrogen (secondary N) is 2. The molecule has 0 aliphatic rings. The van der Waals surface area contributed by atoms with E-state index in [4.69, 9.17) is 5.11 Å². The van der Waals surface area contributed by atoms with Gasteiger partial charge in [0.05, 0.1) is 17.6 Å². The highest BCUT2D eigenvalue weighted by atomic mass is 19.1. The molecule has 0 atom stereocenters. The van der Waals surface area contributed by atoms with Crippen molar-refractivity contribution in [2.45, 2.75) is 0 Å². The van der Waals surface area contributed by atoms with E-state index in [0.29, 0.717) is 17.9 Å². The van der Waals surface area contributed by atoms with Crippen LogP contribution in [0.15, 0.2) is 42.5 Å². The summed E-state index contributed by atoms with van der Waals surface area (Å²) in [5.74, 6) is 0.426. The van der Waals surface area contributed by atoms with Crippen molar-refractivity contribution in [3.8, 4) is 11.4 Å². The molecule has 0 fully saturated rings. The Balaban J connectivity index is 1.90. The number of benzene rings is 2. The lowest BCUT2D eigenvalue weighted by Gasteiger charge is -2.04. The van der Waals surface area contributed by atoms with Gasteiger partial charge in [0.1, 0.15) is 11.6 Å². The zero-order valence-corrected chi connectivity index (χ0v) is 10.7. The Morgan fingerprint density at radius 3 is 2.70 bits per heavy atom. The van der Waals surface area contributed by atoms with Gasteiger partial charge in [0.25, 0.3) is 0 Å². The predicted octanol–water partition coefficient (Wildman–Crippen LogP) is 2.77. The number of fused-ring (bicyclic) bond motifs is 1. The quantitative estimate of drug-likeness (QED) is 0.683. The van der Waals surface area contributed by atoms with Crippen LogP contribution in [0.2, 0.25) is 0 Å². The number of anilines is 1. The second kappa shape index (κ2) is 5.30. The highest BCUT2D eigenvalue weighted by Crippen LogP contribution is 2.22. The van der Waals surface area contributed by atoms with Crippen LogP contribution in [0.5, 0.6) is 0 Å². The number of halogens is 1. The SMILES string of the molecule is OCCNc1ccc(-c2nc3ccc(F)cc3[nH]2)cc1. The lowest BCUT2D eigenvalue weighted by atomic mass is 10.2. The van der Waals surface area contributed by atoms with E-state index in [0.717, 1.165) is 16.8 Å². The van der Waals surface area contributed by atoms with E-state index in [1.807, 2.05) is 24.3 Å². The molecule has 0 spiro atoms. The molecule has 0 aliphatic heterocycles. The Hall–Kier alpha value is -2.40. The van der Waals surface area contributed by atoms with Crippen LogP contribution in [0.3, 0.4) is 0 Å². The van der Waals surface area contributed by atoms with Gasteiger partial charge in [-0.05, 0) is 42.5 Å². The molecule has 0 bridgehead atoms. The molecule has 3 rings (SSSR count). The second-order valence-corrected chi connectivity index (χ2v) is 4.47. The molecule has 0 unspecified atom stereocenters. The summed E-state index contributed by atoms with van der Waals surface area (Å²) in [7, 11) is 0. The number of H-pyrrole nitrogens is 1. The van der Waals surface area contributed by atoms with Gasteiger partial charge in [-0.15, -0.1) is 0 Å². The third kappa shape index (κ3) is 2.48. The Morgan fingerprint density at radius 1 is 1.15 bits per heavy atom. The first kappa shape index (κ1) is 12.6. The minimum absolute atomic E-state index is 0.0941. The highest BCUT2D eigenvalue weighted by Gasteiger charge is 2.06. The molecule has 0 amide bonds. The van der Waals surface area contributed by atoms with Gasteiger partial charge in [0.15, 0.2) is 0 Å². The van der Waals surface area contributed by atoms with Crippen LogP contribution in [0, 0.1) is 5.82 Å². The predicted molar refractivity (Wildman–Crippen MR) is 77.1 cm³/mol. The molecule has 2 aromatic carbocycles. The minimum atomic E-state index is -0.281. The third-order valence-corrected chi connectivity index (χ3v) is 3.04. The Bertz CT molecular complexity index is 722. The number of hydrogen-bond donors (Lipinski definition) is 3. The smallest absolute Gasteiger partial charge is 0.138 e. The molecule has 0 saturated carbocycles. The maximum absolute atomic E-state index is 13.1. The minimum Gasteiger partial charge on any atom is -0.395 e. The summed E-state index contributed by atoms with van der Waals surface area (Å²) in [5, 5.41) is 11.8. The molecule has 0 aliphatic carbocycles. The molecular weight excluding hydrogens is 257 g/mol. The molecule has 1 aromatic heterocycles. The molecule has 5 heteroatoms. The Labute approximate surface area is 115 Å². The molecule has 102 valence electrons. The lowest BCUT2D eigenvalue weighted by Crippen LogP contribution is -2.04. The summed E-state index contributed by atoms with van der Waals surface area (Å²) in [6.45, 7) is 0.611. The summed E-state index contributed by atoms with van der Waals surface area (Å²) in [6, 6.07) is 12.2. The molecule has 20 heavy (non-hydrogen) atoms. The number of hydrogen-bond acceptors (Lipinski definition) is 3. The topological polar surface area (TPSA) is 60.9 Å². The van der Waals surface area contributed by atoms with Gasteiger partial charge in [-0.3, -0.25) is 0 Å². The Morgan fingerprint density at radius 2 is 1.95 bits per heavy atom. The number of aromatic nitrogens is 2. The van der Waals surface area contributed by atoms with Crippen LogP contribution in [0.1, 0.15) is 0 Å². The summed E-state index contributed by atoms with van der Waals surface area (Å²) in [5.41, 5.74) is 3.28. The van der Waals surface area contributed by atoms with Gasteiger partial charge < -0.3 is 15.4 Å². The van der Waals surface area contributed by atoms with Gasteiger partial charge in [0, 0.05) is 17.8 Å². The molecule has 4 nitrogen and oxygen atoms in total. The zero-order chi connectivity index (χ0) is 13.9. The van der Waals surface area contributed by atoms with Crippen molar-refractivity contribution < 1.29 is 9.50 Å². The van der Waals surface area contributed by atoms with Crippen LogP contribution >= 0.6 is 0 Å². The average Bonchev–Trinajstić information content (AvgIpc) is 2.88. The number of aromatic amines is 1. The summed E-state index contributed by atoms with van der Waals surface area (Å²) in [6.07, 6.45) is 0. The van der Waals surface area contributed by atoms with Gasteiger partial charge in [-0.1, -0.05) is 0 Å². The second-order valence-electron chi connectivity index (χ2n) is 4.47. The largest absolute Gasteiger partial charge is 0.395 e. The highest BCUT2D eigenvalue weighted by molar-refractivity contribution is 5.79. The van der Waals surface area contributed by atoms with E-state index in [-0.39, 0.29) is 12.4 Å². The number of rotatable bonds is 4. The summed E-state index contributed by atoms with van der Waals surface area (Å²) < 4.78 is 13.1. The van der Waals surface area contributed by atoms with E-state index >= 15 is 0 Å². The van der Waals surface area contributed by atoms with Crippen molar-refractivity contribution in [3.05, 3.63) is 48.3 Å². The zero-order valence-electron chi connectivity index (χ0n) is 10.7. The number of aliphatic hydroxyl groups is 1. The van der Waals surface area contributed by atoms with E-state index in [2.05, 4.69) is 15.3 Å². The first-order chi connectivity index (χ1) is 9.76. The van der Waals surface area contributed by atoms with Crippen molar-refractivity contribution in [1.29, 1.82) is 0 Å². The van der Waals surface area contributed by atoms with Crippen LogP contribution in [-0.2, 0) is 0 Å². The summed E-state index contributed by atoms with van der Waals surface area (Å²) >= 11 is 0. The standard InChI is InChI=1S/C15H14FN3O/c16-11-3-6-13-14(9-11)19-15(18-13)10-1-4-12(5-2-10)17-7-8-20/h1-6,9,17,20H,7-8H2,(H,18,19). The van der Waals surface area contributed by atoms with E-state index < -0.39 is 0 Å². The van der Waals surface area contributed by atoms with E-state index in [9.17, 15) is 4.39 Å². The maximum atomic E-state index is 13.1. The van der Waals surface area contributed by atoms with Crippen LogP contribution < -0.4 is 5.32 Å². The Kier molecular flexibility index (Phi) is 3.35. The molecular formula is C15H14FN3O. The summed E-state index contributed by atoms with van der Waals surface area (Å²) in [4.78, 5) is 7.54. The van der Waals surface area contributed by atoms with Crippen LogP contribution in [0.4, 0.5) is 10.1 Å². The average molecular weight is 271 g/mol. The normalized spacial score (nSPS) is 10.9. The fourth-order valence-electron chi connectivity index (χ4n) is 2.06. The van der Waals surface area contributed by atoms with Crippen molar-refractivity contribution in [1.82, 2.24) is 9.97 Å². The van der Waals surface area contributed by atoms with Crippen molar-refractivity contribution >= 4 is 16.7 Å². The maximum Gasteiger partial charge on any atom is 0.138 e. The number of aliphatic hydroxyl groups excluding tert-OH is 1. The monoisotopic (exact) mass is 271 g/mol. The molecule has 1 heterocycles. The molecule has 0 saturated heterocycles. The van der Waals surface area contributed by atoms with Gasteiger partial charge in [-0.25, -0.2) is 9.37 Å². The first-order valence-electron chi connectivity index (χ1n) is 6.37. The van der Waals surface area contributed by atoms with Crippen molar-refractivity contribution in [2.24, 2.45) is 0 Å². The van der Waals surface area contributed by atoms with Gasteiger partial charge >= 0.3 is 0 Å². The van der Waals surface area contributed by atoms with E-state index in [1.54, 1.807) is 6.07 Å². The van der Waals surface area contributed by atoms with Gasteiger partial charge in [-0.2, -0.15) is 0 Å². The van der Waals surface area contributed by atoms with Gasteiger partial charge in [0.2, 0.25) is 0 Å². The van der Waals surface area contributed by atoms with Crippen LogP contribution in [-0.4, -0.2) is 28.2 Å². The first-order valence-corrected chi connectivity index (χ1v) is 6.37. The van der Waals surface area contributed by atoms with E-state index in [1.165, 1.54) is 12.1 Å². The number of imidazole rings is 1. The van der Waals surface area contributed by atoms with Crippen LogP contribution in [0.25, 0.3) is 22.4 Å². The molecule has 0 radical (unpaired) electrons. The lowest BCUT2D eigenvalue weighted by molar-refractivity contribution is 0.311. The fourth-order valence-corrected chi connectivity index (χ4v) is 2.06. The fraction of sp³-hybridized carbons (Fsp3) is 0.133. The third-order valence-electron chi connectivity index (χ3n) is 3.04.